The maximum atomic E-state index is 10.9. The van der Waals surface area contributed by atoms with Crippen molar-refractivity contribution in [2.75, 3.05) is 19.8 Å². The van der Waals surface area contributed by atoms with E-state index in [0.717, 1.165) is 6.07 Å². The second-order valence-corrected chi connectivity index (χ2v) is 13.1. The van der Waals surface area contributed by atoms with Crippen molar-refractivity contribution in [1.82, 2.24) is 0 Å². The number of benzene rings is 2. The highest BCUT2D eigenvalue weighted by Gasteiger charge is 2.50. The normalized spacial score (nSPS) is 40.2. The molecule has 2 aromatic rings. The van der Waals surface area contributed by atoms with E-state index in [1.165, 1.54) is 36.4 Å². The van der Waals surface area contributed by atoms with Crippen LogP contribution in [0.2, 0.25) is 0 Å². The summed E-state index contributed by atoms with van der Waals surface area (Å²) in [5.41, 5.74) is 0.621. The van der Waals surface area contributed by atoms with Gasteiger partial charge in [0.1, 0.15) is 96.1 Å². The van der Waals surface area contributed by atoms with Crippen molar-refractivity contribution in [1.29, 1.82) is 0 Å². The highest BCUT2D eigenvalue weighted by Crippen LogP contribution is 2.45. The zero-order valence-corrected chi connectivity index (χ0v) is 27.6. The van der Waals surface area contributed by atoms with Crippen LogP contribution in [0.15, 0.2) is 42.2 Å². The van der Waals surface area contributed by atoms with Crippen LogP contribution >= 0.6 is 0 Å². The van der Waals surface area contributed by atoms with E-state index < -0.39 is 118 Å². The van der Waals surface area contributed by atoms with Crippen molar-refractivity contribution in [3.8, 4) is 23.0 Å². The van der Waals surface area contributed by atoms with Gasteiger partial charge in [0.2, 0.25) is 6.29 Å². The van der Waals surface area contributed by atoms with Crippen molar-refractivity contribution in [2.45, 2.75) is 98.2 Å². The number of ether oxygens (including phenoxy) is 7. The van der Waals surface area contributed by atoms with Crippen molar-refractivity contribution in [3.05, 3.63) is 53.3 Å². The Hall–Kier alpha value is -3.42. The summed E-state index contributed by atoms with van der Waals surface area (Å²) in [6, 6.07) is 8.23. The average Bonchev–Trinajstić information content (AvgIpc) is 3.13. The van der Waals surface area contributed by atoms with Gasteiger partial charge in [-0.25, -0.2) is 0 Å². The molecule has 3 fully saturated rings. The smallest absolute Gasteiger partial charge is 0.270 e. The van der Waals surface area contributed by atoms with Crippen molar-refractivity contribution in [2.24, 2.45) is 0 Å². The second-order valence-electron chi connectivity index (χ2n) is 13.1. The Labute approximate surface area is 300 Å². The second kappa shape index (κ2) is 16.1. The van der Waals surface area contributed by atoms with Gasteiger partial charge in [0.25, 0.3) is 11.9 Å². The summed E-state index contributed by atoms with van der Waals surface area (Å²) in [7, 11) is 0. The fraction of sp³-hybridized carbons (Fsp3) is 0.576. The summed E-state index contributed by atoms with van der Waals surface area (Å²) in [6.45, 7) is -2.02. The maximum absolute atomic E-state index is 10.9. The molecule has 6 rings (SSSR count). The molecule has 4 aliphatic heterocycles. The van der Waals surface area contributed by atoms with Crippen LogP contribution in [0, 0.1) is 0 Å². The molecule has 4 heterocycles. The van der Waals surface area contributed by atoms with E-state index in [2.05, 4.69) is 4.74 Å². The number of aliphatic hydroxyl groups excluding tert-OH is 10. The van der Waals surface area contributed by atoms with Gasteiger partial charge < -0.3 is 99.5 Å². The quantitative estimate of drug-likeness (QED) is 0.102. The van der Waals surface area contributed by atoms with E-state index in [1.807, 2.05) is 0 Å². The SMILES string of the molecule is OC[C@@H]1O[C@H](OC[C@@H]2O[C@H](OC[C@@H]3O[C@H](OC4=Cc5c(O)cc(O)cc5[OH+]C4c4ccc(O)cc4)[C@@H](O)[C@H](O)[C@H]3O)[C@@H](O)[C@H](O)[C@H]2O)[C@@H](O)[C@H](O)[C@H]1O. The summed E-state index contributed by atoms with van der Waals surface area (Å²) >= 11 is 0. The third-order valence-corrected chi connectivity index (χ3v) is 9.44. The van der Waals surface area contributed by atoms with Gasteiger partial charge in [-0.05, 0) is 24.3 Å². The van der Waals surface area contributed by atoms with Gasteiger partial charge in [-0.2, -0.15) is 0 Å². The number of rotatable bonds is 10. The number of hydrogen-bond donors (Lipinski definition) is 13. The topological polar surface area (TPSA) is 331 Å². The zero-order valence-electron chi connectivity index (χ0n) is 27.6. The predicted octanol–water partition coefficient (Wildman–Crippen LogP) is -4.39. The Bertz CT molecular complexity index is 1570. The summed E-state index contributed by atoms with van der Waals surface area (Å²) in [5, 5.41) is 134. The third kappa shape index (κ3) is 8.03. The molecule has 0 aromatic heterocycles. The summed E-state index contributed by atoms with van der Waals surface area (Å²) < 4.78 is 38.2. The molecule has 53 heavy (non-hydrogen) atoms. The first kappa shape index (κ1) is 39.3. The summed E-state index contributed by atoms with van der Waals surface area (Å²) in [6.07, 6.45) is -25.1. The van der Waals surface area contributed by atoms with Crippen LogP contribution in [-0.4, -0.2) is 183 Å². The van der Waals surface area contributed by atoms with Crippen LogP contribution in [-0.2, 0) is 28.4 Å². The lowest BCUT2D eigenvalue weighted by molar-refractivity contribution is -0.341. The molecule has 294 valence electrons. The summed E-state index contributed by atoms with van der Waals surface area (Å²) in [5.74, 6) is -0.479. The molecule has 16 atom stereocenters. The van der Waals surface area contributed by atoms with E-state index in [9.17, 15) is 66.4 Å². The highest BCUT2D eigenvalue weighted by atomic mass is 16.7. The number of hydrogen-bond acceptors (Lipinski definition) is 19. The molecule has 1 unspecified atom stereocenters. The van der Waals surface area contributed by atoms with Crippen LogP contribution in [0.3, 0.4) is 0 Å². The molecule has 4 aliphatic rings. The van der Waals surface area contributed by atoms with Gasteiger partial charge in [0.05, 0.1) is 31.5 Å². The molecule has 2 aromatic carbocycles. The Balaban J connectivity index is 1.14. The zero-order chi connectivity index (χ0) is 38.3. The number of fused-ring (bicyclic) bond motifs is 1. The molecule has 0 saturated carbocycles. The van der Waals surface area contributed by atoms with Crippen LogP contribution in [0.5, 0.6) is 23.0 Å². The number of aliphatic hydroxyl groups is 11. The Morgan fingerprint density at radius 1 is 0.566 bits per heavy atom. The van der Waals surface area contributed by atoms with Crippen molar-refractivity contribution in [3.63, 3.8) is 0 Å². The molecule has 3 saturated heterocycles. The first-order valence-electron chi connectivity index (χ1n) is 16.6. The minimum absolute atomic E-state index is 0.0122. The van der Waals surface area contributed by atoms with Gasteiger partial charge in [0.15, 0.2) is 18.3 Å². The Morgan fingerprint density at radius 2 is 1.06 bits per heavy atom. The highest BCUT2D eigenvalue weighted by molar-refractivity contribution is 5.69. The molecule has 0 radical (unpaired) electrons. The van der Waals surface area contributed by atoms with Gasteiger partial charge in [0, 0.05) is 12.1 Å². The van der Waals surface area contributed by atoms with E-state index in [1.54, 1.807) is 0 Å². The Kier molecular flexibility index (Phi) is 12.0. The van der Waals surface area contributed by atoms with Crippen molar-refractivity contribution < 1.29 is 99.5 Å². The van der Waals surface area contributed by atoms with Crippen LogP contribution in [0.25, 0.3) is 6.08 Å². The molecule has 14 N–H and O–H groups in total. The molecule has 20 nitrogen and oxygen atoms in total. The van der Waals surface area contributed by atoms with Gasteiger partial charge in [-0.3, -0.25) is 0 Å². The number of aromatic hydroxyl groups is 4. The van der Waals surface area contributed by atoms with Gasteiger partial charge in [-0.1, -0.05) is 0 Å². The molecule has 0 spiro atoms. The molecule has 0 bridgehead atoms. The van der Waals surface area contributed by atoms with Crippen LogP contribution < -0.4 is 0 Å². The molecule has 20 heteroatoms. The fourth-order valence-electron chi connectivity index (χ4n) is 6.34. The largest absolute Gasteiger partial charge is 0.571 e. The standard InChI is InChI=1S/C33H42O20/c34-8-18-21(38)24(41)27(44)31(51-18)47-9-19-22(39)25(42)28(45)32(52-19)48-10-20-23(40)26(43)29(46)33(53-20)50-17-7-14-15(37)5-13(36)6-16(14)49-30(17)11-1-3-12(35)4-2-11/h1-7,18-46H,8-10H2/p+1/t18-,19-,20-,21-,22-,23-,24+,25+,26+,27-,28-,29-,30?,31-,32-,33-/m0/s1. The first-order chi connectivity index (χ1) is 25.2. The van der Waals surface area contributed by atoms with Crippen molar-refractivity contribution >= 4 is 6.08 Å². The van der Waals surface area contributed by atoms with E-state index in [0.29, 0.717) is 5.56 Å². The lowest BCUT2D eigenvalue weighted by Crippen LogP contribution is -2.62. The lowest BCUT2D eigenvalue weighted by atomic mass is 9.98. The van der Waals surface area contributed by atoms with Crippen LogP contribution in [0.1, 0.15) is 17.2 Å². The number of phenols is 3. The van der Waals surface area contributed by atoms with Gasteiger partial charge in [-0.15, -0.1) is 0 Å². The molecule has 0 aliphatic carbocycles. The Morgan fingerprint density at radius 3 is 1.60 bits per heavy atom. The number of phenolic OH excluding ortho intramolecular Hbond substituents is 3. The third-order valence-electron chi connectivity index (χ3n) is 9.44. The van der Waals surface area contributed by atoms with Crippen LogP contribution in [0.4, 0.5) is 0 Å². The van der Waals surface area contributed by atoms with E-state index in [-0.39, 0.29) is 34.3 Å². The minimum Gasteiger partial charge on any atom is -0.571 e. The lowest BCUT2D eigenvalue weighted by Gasteiger charge is -2.44. The fourth-order valence-corrected chi connectivity index (χ4v) is 6.34. The van der Waals surface area contributed by atoms with E-state index >= 15 is 0 Å². The van der Waals surface area contributed by atoms with Gasteiger partial charge >= 0.3 is 0 Å². The molecule has 0 amide bonds. The predicted molar refractivity (Wildman–Crippen MR) is 170 cm³/mol. The summed E-state index contributed by atoms with van der Waals surface area (Å²) in [4.78, 5) is 0. The molecular formula is C33H43O20+. The van der Waals surface area contributed by atoms with E-state index in [4.69, 9.17) is 28.4 Å². The monoisotopic (exact) mass is 759 g/mol. The average molecular weight is 760 g/mol. The molecular weight excluding hydrogens is 716 g/mol. The maximum Gasteiger partial charge on any atom is 0.270 e. The first-order valence-corrected chi connectivity index (χ1v) is 16.6. The minimum atomic E-state index is -1.88.